The molecule has 1 saturated carbocycles. The Morgan fingerprint density at radius 2 is 2.00 bits per heavy atom. The van der Waals surface area contributed by atoms with Crippen molar-refractivity contribution in [3.63, 3.8) is 0 Å². The van der Waals surface area contributed by atoms with Crippen LogP contribution in [0.2, 0.25) is 0 Å². The molecule has 1 aliphatic carbocycles. The van der Waals surface area contributed by atoms with E-state index in [9.17, 15) is 0 Å². The predicted octanol–water partition coefficient (Wildman–Crippen LogP) is 1.56. The van der Waals surface area contributed by atoms with Gasteiger partial charge < -0.3 is 16.0 Å². The number of hydrogen-bond donors (Lipinski definition) is 2. The van der Waals surface area contributed by atoms with Crippen molar-refractivity contribution in [2.75, 3.05) is 20.6 Å². The molecule has 0 heterocycles. The van der Waals surface area contributed by atoms with Crippen LogP contribution in [-0.4, -0.2) is 43.6 Å². The van der Waals surface area contributed by atoms with E-state index in [0.717, 1.165) is 13.0 Å². The van der Waals surface area contributed by atoms with Gasteiger partial charge in [0.15, 0.2) is 5.96 Å². The third-order valence-corrected chi connectivity index (χ3v) is 3.30. The minimum atomic E-state index is 0.393. The molecule has 1 unspecified atom stereocenters. The fraction of sp³-hybridized carbons (Fsp3) is 0.923. The van der Waals surface area contributed by atoms with E-state index >= 15 is 0 Å². The summed E-state index contributed by atoms with van der Waals surface area (Å²) in [6, 6.07) is 0.849. The maximum absolute atomic E-state index is 5.94. The quantitative estimate of drug-likeness (QED) is 0.566. The van der Waals surface area contributed by atoms with Crippen LogP contribution >= 0.6 is 0 Å². The molecule has 100 valence electrons. The van der Waals surface area contributed by atoms with Crippen LogP contribution in [0, 0.1) is 0 Å². The summed E-state index contributed by atoms with van der Waals surface area (Å²) in [7, 11) is 4.18. The predicted molar refractivity (Wildman–Crippen MR) is 74.3 cm³/mol. The van der Waals surface area contributed by atoms with Gasteiger partial charge in [0.2, 0.25) is 0 Å². The monoisotopic (exact) mass is 240 g/mol. The van der Waals surface area contributed by atoms with Gasteiger partial charge >= 0.3 is 0 Å². The fourth-order valence-electron chi connectivity index (χ4n) is 2.22. The highest BCUT2D eigenvalue weighted by Gasteiger charge is 2.12. The normalized spacial score (nSPS) is 20.6. The molecule has 0 spiro atoms. The molecule has 0 aliphatic heterocycles. The highest BCUT2D eigenvalue weighted by molar-refractivity contribution is 5.78. The lowest BCUT2D eigenvalue weighted by Gasteiger charge is -2.21. The zero-order chi connectivity index (χ0) is 12.7. The Morgan fingerprint density at radius 1 is 1.35 bits per heavy atom. The molecule has 0 bridgehead atoms. The molecule has 0 aromatic carbocycles. The van der Waals surface area contributed by atoms with Crippen LogP contribution in [0.4, 0.5) is 0 Å². The molecule has 0 aromatic rings. The summed E-state index contributed by atoms with van der Waals surface area (Å²) in [6.45, 7) is 3.23. The van der Waals surface area contributed by atoms with Crippen molar-refractivity contribution in [3.05, 3.63) is 0 Å². The maximum Gasteiger partial charge on any atom is 0.189 e. The van der Waals surface area contributed by atoms with Crippen LogP contribution < -0.4 is 11.1 Å². The highest BCUT2D eigenvalue weighted by Crippen LogP contribution is 2.19. The zero-order valence-electron chi connectivity index (χ0n) is 11.6. The summed E-state index contributed by atoms with van der Waals surface area (Å²) >= 11 is 0. The van der Waals surface area contributed by atoms with Gasteiger partial charge in [0.25, 0.3) is 0 Å². The van der Waals surface area contributed by atoms with E-state index in [1.54, 1.807) is 0 Å². The van der Waals surface area contributed by atoms with E-state index in [1.807, 2.05) is 0 Å². The van der Waals surface area contributed by atoms with E-state index in [0.29, 0.717) is 18.0 Å². The third-order valence-electron chi connectivity index (χ3n) is 3.30. The molecule has 0 aromatic heterocycles. The summed E-state index contributed by atoms with van der Waals surface area (Å²) in [5, 5.41) is 3.28. The lowest BCUT2D eigenvalue weighted by molar-refractivity contribution is 0.378. The van der Waals surface area contributed by atoms with Crippen LogP contribution in [0.1, 0.15) is 45.4 Å². The SMILES string of the molecule is CC(CCN(C)C)NC(N)=NC1CCCCC1. The van der Waals surface area contributed by atoms with Gasteiger partial charge in [-0.15, -0.1) is 0 Å². The summed E-state index contributed by atoms with van der Waals surface area (Å²) in [5.41, 5.74) is 5.94. The Labute approximate surface area is 106 Å². The van der Waals surface area contributed by atoms with Gasteiger partial charge in [0.1, 0.15) is 0 Å². The first-order valence-electron chi connectivity index (χ1n) is 6.82. The molecule has 3 N–H and O–H groups in total. The topological polar surface area (TPSA) is 53.6 Å². The molecule has 17 heavy (non-hydrogen) atoms. The largest absolute Gasteiger partial charge is 0.370 e. The molecule has 0 radical (unpaired) electrons. The van der Waals surface area contributed by atoms with Gasteiger partial charge in [-0.3, -0.25) is 4.99 Å². The standard InChI is InChI=1S/C13H28N4/c1-11(9-10-17(2)3)15-13(14)16-12-7-5-4-6-8-12/h11-12H,4-10H2,1-3H3,(H3,14,15,16). The number of nitrogens with two attached hydrogens (primary N) is 1. The van der Waals surface area contributed by atoms with Crippen LogP contribution in [0.3, 0.4) is 0 Å². The molecular weight excluding hydrogens is 212 g/mol. The van der Waals surface area contributed by atoms with Gasteiger partial charge in [-0.05, 0) is 46.8 Å². The summed E-state index contributed by atoms with van der Waals surface area (Å²) in [4.78, 5) is 6.76. The number of hydrogen-bond acceptors (Lipinski definition) is 2. The first-order chi connectivity index (χ1) is 8.08. The van der Waals surface area contributed by atoms with Crippen molar-refractivity contribution in [2.45, 2.75) is 57.5 Å². The van der Waals surface area contributed by atoms with Crippen molar-refractivity contribution in [1.29, 1.82) is 0 Å². The van der Waals surface area contributed by atoms with Gasteiger partial charge in [-0.1, -0.05) is 19.3 Å². The van der Waals surface area contributed by atoms with Crippen molar-refractivity contribution in [1.82, 2.24) is 10.2 Å². The Hall–Kier alpha value is -0.770. The van der Waals surface area contributed by atoms with E-state index in [4.69, 9.17) is 5.73 Å². The second-order valence-electron chi connectivity index (χ2n) is 5.44. The van der Waals surface area contributed by atoms with Crippen molar-refractivity contribution in [3.8, 4) is 0 Å². The Bertz CT molecular complexity index is 232. The van der Waals surface area contributed by atoms with E-state index < -0.39 is 0 Å². The second-order valence-corrected chi connectivity index (χ2v) is 5.44. The average molecular weight is 240 g/mol. The number of aliphatic imine (C=N–C) groups is 1. The smallest absolute Gasteiger partial charge is 0.189 e. The Balaban J connectivity index is 2.26. The number of guanidine groups is 1. The molecule has 1 atom stereocenters. The lowest BCUT2D eigenvalue weighted by atomic mass is 9.96. The first kappa shape index (κ1) is 14.3. The average Bonchev–Trinajstić information content (AvgIpc) is 2.27. The van der Waals surface area contributed by atoms with Gasteiger partial charge in [-0.25, -0.2) is 0 Å². The summed E-state index contributed by atoms with van der Waals surface area (Å²) < 4.78 is 0. The molecule has 1 fully saturated rings. The zero-order valence-corrected chi connectivity index (χ0v) is 11.6. The van der Waals surface area contributed by atoms with Crippen molar-refractivity contribution < 1.29 is 0 Å². The number of nitrogens with zero attached hydrogens (tertiary/aromatic N) is 2. The fourth-order valence-corrected chi connectivity index (χ4v) is 2.22. The van der Waals surface area contributed by atoms with Crippen molar-refractivity contribution >= 4 is 5.96 Å². The van der Waals surface area contributed by atoms with Crippen molar-refractivity contribution in [2.24, 2.45) is 10.7 Å². The minimum Gasteiger partial charge on any atom is -0.370 e. The minimum absolute atomic E-state index is 0.393. The van der Waals surface area contributed by atoms with Gasteiger partial charge in [0.05, 0.1) is 6.04 Å². The molecular formula is C13H28N4. The molecule has 0 saturated heterocycles. The van der Waals surface area contributed by atoms with Crippen LogP contribution in [0.15, 0.2) is 4.99 Å². The van der Waals surface area contributed by atoms with E-state index in [1.165, 1.54) is 32.1 Å². The molecule has 1 rings (SSSR count). The Morgan fingerprint density at radius 3 is 2.59 bits per heavy atom. The number of rotatable bonds is 5. The van der Waals surface area contributed by atoms with Crippen LogP contribution in [0.5, 0.6) is 0 Å². The molecule has 4 heteroatoms. The van der Waals surface area contributed by atoms with Gasteiger partial charge in [0, 0.05) is 6.04 Å². The molecule has 1 aliphatic rings. The second kappa shape index (κ2) is 7.54. The van der Waals surface area contributed by atoms with E-state index in [-0.39, 0.29) is 0 Å². The van der Waals surface area contributed by atoms with Gasteiger partial charge in [-0.2, -0.15) is 0 Å². The van der Waals surface area contributed by atoms with Crippen LogP contribution in [0.25, 0.3) is 0 Å². The summed E-state index contributed by atoms with van der Waals surface area (Å²) in [6.07, 6.45) is 7.46. The molecule has 4 nitrogen and oxygen atoms in total. The highest BCUT2D eigenvalue weighted by atomic mass is 15.1. The maximum atomic E-state index is 5.94. The first-order valence-corrected chi connectivity index (χ1v) is 6.82. The third kappa shape index (κ3) is 6.51. The van der Waals surface area contributed by atoms with Crippen LogP contribution in [-0.2, 0) is 0 Å². The summed E-state index contributed by atoms with van der Waals surface area (Å²) in [5.74, 6) is 0.628. The van der Waals surface area contributed by atoms with E-state index in [2.05, 4.69) is 36.2 Å². The number of nitrogens with one attached hydrogen (secondary N) is 1. The lowest BCUT2D eigenvalue weighted by Crippen LogP contribution is -2.40. The molecule has 0 amide bonds. The Kier molecular flexibility index (Phi) is 6.34.